The van der Waals surface area contributed by atoms with E-state index in [-0.39, 0.29) is 0 Å². The molecule has 0 aromatic heterocycles. The van der Waals surface area contributed by atoms with Gasteiger partial charge in [0, 0.05) is 19.1 Å². The van der Waals surface area contributed by atoms with Gasteiger partial charge in [-0.25, -0.2) is 0 Å². The molecule has 3 rings (SSSR count). The summed E-state index contributed by atoms with van der Waals surface area (Å²) in [6, 6.07) is 8.38. The summed E-state index contributed by atoms with van der Waals surface area (Å²) in [5, 5.41) is 12.9. The smallest absolute Gasteiger partial charge is 0.115 e. The number of phenolic OH excluding ortho intramolecular Hbond substituents is 1. The number of rotatable bonds is 2. The number of nitrogens with zero attached hydrogens (tertiary/aromatic N) is 1. The molecule has 2 heterocycles. The summed E-state index contributed by atoms with van der Waals surface area (Å²) in [6.45, 7) is 4.64. The average Bonchev–Trinajstić information content (AvgIpc) is 2.41. The van der Waals surface area contributed by atoms with Crippen molar-refractivity contribution in [3.05, 3.63) is 29.8 Å². The van der Waals surface area contributed by atoms with E-state index >= 15 is 0 Å². The maximum absolute atomic E-state index is 9.30. The zero-order valence-electron chi connectivity index (χ0n) is 10.8. The van der Waals surface area contributed by atoms with Crippen molar-refractivity contribution in [1.29, 1.82) is 0 Å². The van der Waals surface area contributed by atoms with Crippen molar-refractivity contribution < 1.29 is 5.11 Å². The summed E-state index contributed by atoms with van der Waals surface area (Å²) in [4.78, 5) is 2.56. The van der Waals surface area contributed by atoms with E-state index in [1.807, 2.05) is 12.1 Å². The van der Waals surface area contributed by atoms with Crippen LogP contribution in [0.1, 0.15) is 24.8 Å². The first kappa shape index (κ1) is 12.0. The Hall–Kier alpha value is -1.06. The Labute approximate surface area is 109 Å². The van der Waals surface area contributed by atoms with Gasteiger partial charge in [0.05, 0.1) is 0 Å². The summed E-state index contributed by atoms with van der Waals surface area (Å²) in [5.41, 5.74) is 1.30. The number of nitrogens with one attached hydrogen (secondary N) is 1. The predicted octanol–water partition coefficient (Wildman–Crippen LogP) is 1.97. The Kier molecular flexibility index (Phi) is 3.52. The second kappa shape index (κ2) is 5.29. The fraction of sp³-hybridized carbons (Fsp3) is 0.600. The van der Waals surface area contributed by atoms with Crippen molar-refractivity contribution in [3.8, 4) is 5.75 Å². The molecule has 0 saturated carbocycles. The first-order valence-corrected chi connectivity index (χ1v) is 7.05. The topological polar surface area (TPSA) is 35.5 Å². The number of piperidine rings is 2. The van der Waals surface area contributed by atoms with Crippen LogP contribution in [0.5, 0.6) is 5.75 Å². The van der Waals surface area contributed by atoms with E-state index in [4.69, 9.17) is 0 Å². The first-order valence-electron chi connectivity index (χ1n) is 7.05. The Morgan fingerprint density at radius 3 is 2.89 bits per heavy atom. The molecular formula is C15H22N2O. The molecule has 0 bridgehead atoms. The van der Waals surface area contributed by atoms with Gasteiger partial charge in [0.25, 0.3) is 0 Å². The third-order valence-electron chi connectivity index (χ3n) is 4.32. The highest BCUT2D eigenvalue weighted by Gasteiger charge is 2.30. The van der Waals surface area contributed by atoms with Crippen LogP contribution in [0, 0.1) is 5.92 Å². The molecule has 3 heteroatoms. The lowest BCUT2D eigenvalue weighted by Gasteiger charge is -2.41. The standard InChI is InChI=1S/C15H22N2O/c18-14-5-3-12(4-6-14)10-17-9-7-15-13(11-17)2-1-8-16-15/h3-6,13,15-16,18H,1-2,7-11H2. The van der Waals surface area contributed by atoms with E-state index in [9.17, 15) is 5.11 Å². The number of hydrogen-bond acceptors (Lipinski definition) is 3. The second-order valence-corrected chi connectivity index (χ2v) is 5.65. The van der Waals surface area contributed by atoms with Gasteiger partial charge in [-0.15, -0.1) is 0 Å². The largest absolute Gasteiger partial charge is 0.508 e. The summed E-state index contributed by atoms with van der Waals surface area (Å²) in [6.07, 6.45) is 3.99. The lowest BCUT2D eigenvalue weighted by molar-refractivity contribution is 0.109. The van der Waals surface area contributed by atoms with Crippen molar-refractivity contribution in [1.82, 2.24) is 10.2 Å². The minimum absolute atomic E-state index is 0.355. The van der Waals surface area contributed by atoms with Gasteiger partial charge in [-0.1, -0.05) is 12.1 Å². The first-order chi connectivity index (χ1) is 8.81. The van der Waals surface area contributed by atoms with E-state index in [0.29, 0.717) is 5.75 Å². The molecule has 2 atom stereocenters. The normalized spacial score (nSPS) is 28.9. The highest BCUT2D eigenvalue weighted by atomic mass is 16.3. The molecule has 1 aromatic carbocycles. The van der Waals surface area contributed by atoms with E-state index < -0.39 is 0 Å². The Balaban J connectivity index is 1.59. The van der Waals surface area contributed by atoms with Crippen LogP contribution in [0.4, 0.5) is 0 Å². The Morgan fingerprint density at radius 2 is 2.06 bits per heavy atom. The molecule has 2 aliphatic heterocycles. The molecule has 0 amide bonds. The molecule has 2 aliphatic rings. The molecular weight excluding hydrogens is 224 g/mol. The highest BCUT2D eigenvalue weighted by Crippen LogP contribution is 2.25. The molecule has 0 spiro atoms. The maximum Gasteiger partial charge on any atom is 0.115 e. The van der Waals surface area contributed by atoms with Crippen LogP contribution < -0.4 is 5.32 Å². The van der Waals surface area contributed by atoms with Crippen molar-refractivity contribution in [2.45, 2.75) is 31.8 Å². The van der Waals surface area contributed by atoms with E-state index in [2.05, 4.69) is 10.2 Å². The lowest BCUT2D eigenvalue weighted by Crippen LogP contribution is -2.51. The summed E-state index contributed by atoms with van der Waals surface area (Å²) in [5.74, 6) is 1.19. The van der Waals surface area contributed by atoms with Crippen molar-refractivity contribution in [2.24, 2.45) is 5.92 Å². The average molecular weight is 246 g/mol. The molecule has 1 aromatic rings. The van der Waals surface area contributed by atoms with E-state index in [1.54, 1.807) is 12.1 Å². The van der Waals surface area contributed by atoms with Crippen LogP contribution in [-0.4, -0.2) is 35.7 Å². The van der Waals surface area contributed by atoms with Gasteiger partial charge >= 0.3 is 0 Å². The van der Waals surface area contributed by atoms with Gasteiger partial charge in [0.1, 0.15) is 5.75 Å². The van der Waals surface area contributed by atoms with Crippen LogP contribution in [0.25, 0.3) is 0 Å². The third kappa shape index (κ3) is 2.68. The zero-order valence-corrected chi connectivity index (χ0v) is 10.8. The fourth-order valence-corrected chi connectivity index (χ4v) is 3.32. The minimum Gasteiger partial charge on any atom is -0.508 e. The Morgan fingerprint density at radius 1 is 1.22 bits per heavy atom. The van der Waals surface area contributed by atoms with Crippen LogP contribution in [0.2, 0.25) is 0 Å². The molecule has 2 unspecified atom stereocenters. The number of fused-ring (bicyclic) bond motifs is 1. The van der Waals surface area contributed by atoms with E-state index in [0.717, 1.165) is 18.5 Å². The lowest BCUT2D eigenvalue weighted by atomic mass is 9.85. The van der Waals surface area contributed by atoms with Crippen LogP contribution in [-0.2, 0) is 6.54 Å². The zero-order chi connectivity index (χ0) is 12.4. The van der Waals surface area contributed by atoms with Crippen molar-refractivity contribution in [3.63, 3.8) is 0 Å². The molecule has 0 radical (unpaired) electrons. The van der Waals surface area contributed by atoms with Crippen LogP contribution in [0.15, 0.2) is 24.3 Å². The second-order valence-electron chi connectivity index (χ2n) is 5.65. The number of benzene rings is 1. The molecule has 2 fully saturated rings. The SMILES string of the molecule is Oc1ccc(CN2CCC3NCCCC3C2)cc1. The van der Waals surface area contributed by atoms with Gasteiger partial charge in [-0.05, 0) is 56.0 Å². The number of phenols is 1. The molecule has 3 nitrogen and oxygen atoms in total. The molecule has 18 heavy (non-hydrogen) atoms. The van der Waals surface area contributed by atoms with Crippen molar-refractivity contribution >= 4 is 0 Å². The number of likely N-dealkylation sites (tertiary alicyclic amines) is 1. The van der Waals surface area contributed by atoms with Crippen LogP contribution in [0.3, 0.4) is 0 Å². The quantitative estimate of drug-likeness (QED) is 0.837. The molecule has 0 aliphatic carbocycles. The maximum atomic E-state index is 9.30. The summed E-state index contributed by atoms with van der Waals surface area (Å²) < 4.78 is 0. The van der Waals surface area contributed by atoms with Crippen molar-refractivity contribution in [2.75, 3.05) is 19.6 Å². The monoisotopic (exact) mass is 246 g/mol. The van der Waals surface area contributed by atoms with Gasteiger partial charge in [-0.3, -0.25) is 4.90 Å². The van der Waals surface area contributed by atoms with Gasteiger partial charge in [0.15, 0.2) is 0 Å². The molecule has 2 saturated heterocycles. The van der Waals surface area contributed by atoms with E-state index in [1.165, 1.54) is 44.5 Å². The van der Waals surface area contributed by atoms with Gasteiger partial charge < -0.3 is 10.4 Å². The van der Waals surface area contributed by atoms with Gasteiger partial charge in [-0.2, -0.15) is 0 Å². The van der Waals surface area contributed by atoms with Gasteiger partial charge in [0.2, 0.25) is 0 Å². The number of hydrogen-bond donors (Lipinski definition) is 2. The number of aromatic hydroxyl groups is 1. The minimum atomic E-state index is 0.355. The summed E-state index contributed by atoms with van der Waals surface area (Å²) in [7, 11) is 0. The third-order valence-corrected chi connectivity index (χ3v) is 4.32. The fourth-order valence-electron chi connectivity index (χ4n) is 3.32. The molecule has 98 valence electrons. The predicted molar refractivity (Wildman–Crippen MR) is 72.5 cm³/mol. The molecule has 2 N–H and O–H groups in total. The van der Waals surface area contributed by atoms with Crippen LogP contribution >= 0.6 is 0 Å². The summed E-state index contributed by atoms with van der Waals surface area (Å²) >= 11 is 0. The highest BCUT2D eigenvalue weighted by molar-refractivity contribution is 5.25. The Bertz CT molecular complexity index is 390.